The maximum atomic E-state index is 12.1. The third-order valence-corrected chi connectivity index (χ3v) is 3.86. The molecule has 0 heterocycles. The van der Waals surface area contributed by atoms with E-state index in [0.717, 1.165) is 0 Å². The Morgan fingerprint density at radius 1 is 1.06 bits per heavy atom. The fraction of sp³-hybridized carbons (Fsp3) is 0.500. The number of nitrogens with one attached hydrogen (secondary N) is 1. The molecule has 0 aliphatic heterocycles. The topological polar surface area (TPSA) is 64.6 Å². The zero-order valence-corrected chi connectivity index (χ0v) is 12.1. The van der Waals surface area contributed by atoms with Crippen LogP contribution in [0.15, 0.2) is 23.1 Å². The van der Waals surface area contributed by atoms with Gasteiger partial charge in [0.25, 0.3) is 0 Å². The molecule has 0 saturated heterocycles. The van der Waals surface area contributed by atoms with Gasteiger partial charge in [-0.1, -0.05) is 0 Å². The van der Waals surface area contributed by atoms with Gasteiger partial charge in [-0.3, -0.25) is 0 Å². The first kappa shape index (κ1) is 14.8. The highest BCUT2D eigenvalue weighted by atomic mass is 32.2. The van der Waals surface area contributed by atoms with Gasteiger partial charge in [0, 0.05) is 11.6 Å². The molecule has 5 nitrogen and oxygen atoms in total. The van der Waals surface area contributed by atoms with Crippen molar-refractivity contribution < 1.29 is 17.9 Å². The first-order valence-electron chi connectivity index (χ1n) is 5.45. The summed E-state index contributed by atoms with van der Waals surface area (Å²) in [6.45, 7) is 5.35. The van der Waals surface area contributed by atoms with E-state index >= 15 is 0 Å². The molecule has 102 valence electrons. The SMILES string of the molecule is COc1ccc(S(=O)(=O)NC(C)(C)C)cc1OC. The Balaban J connectivity index is 3.18. The molecule has 0 aromatic heterocycles. The highest BCUT2D eigenvalue weighted by Gasteiger charge is 2.23. The van der Waals surface area contributed by atoms with E-state index in [0.29, 0.717) is 11.5 Å². The summed E-state index contributed by atoms with van der Waals surface area (Å²) in [7, 11) is -0.598. The van der Waals surface area contributed by atoms with Crippen molar-refractivity contribution in [2.24, 2.45) is 0 Å². The molecule has 0 atom stereocenters. The lowest BCUT2D eigenvalue weighted by Gasteiger charge is -2.20. The van der Waals surface area contributed by atoms with Crippen LogP contribution in [0.2, 0.25) is 0 Å². The van der Waals surface area contributed by atoms with Gasteiger partial charge in [-0.2, -0.15) is 0 Å². The van der Waals surface area contributed by atoms with Crippen molar-refractivity contribution >= 4 is 10.0 Å². The Bertz CT molecular complexity index is 517. The van der Waals surface area contributed by atoms with Gasteiger partial charge in [-0.05, 0) is 32.9 Å². The lowest BCUT2D eigenvalue weighted by atomic mass is 10.1. The summed E-state index contributed by atoms with van der Waals surface area (Å²) in [5, 5.41) is 0. The lowest BCUT2D eigenvalue weighted by Crippen LogP contribution is -2.40. The van der Waals surface area contributed by atoms with E-state index in [-0.39, 0.29) is 4.90 Å². The highest BCUT2D eigenvalue weighted by molar-refractivity contribution is 7.89. The summed E-state index contributed by atoms with van der Waals surface area (Å²) < 4.78 is 36.9. The minimum atomic E-state index is -3.56. The fourth-order valence-corrected chi connectivity index (χ4v) is 2.88. The standard InChI is InChI=1S/C12H19NO4S/c1-12(2,3)13-18(14,15)9-6-7-10(16-4)11(8-9)17-5/h6-8,13H,1-5H3. The Hall–Kier alpha value is -1.27. The Morgan fingerprint density at radius 2 is 1.61 bits per heavy atom. The van der Waals surface area contributed by atoms with Crippen LogP contribution < -0.4 is 14.2 Å². The average molecular weight is 273 g/mol. The lowest BCUT2D eigenvalue weighted by molar-refractivity contribution is 0.353. The van der Waals surface area contributed by atoms with Crippen LogP contribution in [0.25, 0.3) is 0 Å². The first-order valence-corrected chi connectivity index (χ1v) is 6.94. The molecule has 6 heteroatoms. The molecule has 0 spiro atoms. The Morgan fingerprint density at radius 3 is 2.06 bits per heavy atom. The van der Waals surface area contributed by atoms with E-state index < -0.39 is 15.6 Å². The number of rotatable bonds is 4. The fourth-order valence-electron chi connectivity index (χ4n) is 1.45. The molecule has 0 saturated carbocycles. The molecule has 1 N–H and O–H groups in total. The van der Waals surface area contributed by atoms with Crippen molar-refractivity contribution in [1.82, 2.24) is 4.72 Å². The zero-order valence-electron chi connectivity index (χ0n) is 11.3. The maximum Gasteiger partial charge on any atom is 0.241 e. The van der Waals surface area contributed by atoms with Crippen molar-refractivity contribution in [3.05, 3.63) is 18.2 Å². The normalized spacial score (nSPS) is 12.3. The molecule has 0 bridgehead atoms. The predicted octanol–water partition coefficient (Wildman–Crippen LogP) is 1.78. The molecule has 0 unspecified atom stereocenters. The number of sulfonamides is 1. The molecule has 0 radical (unpaired) electrons. The number of hydrogen-bond acceptors (Lipinski definition) is 4. The summed E-state index contributed by atoms with van der Waals surface area (Å²) in [4.78, 5) is 0.148. The molecule has 1 aromatic carbocycles. The van der Waals surface area contributed by atoms with E-state index in [1.165, 1.54) is 26.4 Å². The van der Waals surface area contributed by atoms with Gasteiger partial charge in [0.2, 0.25) is 10.0 Å². The summed E-state index contributed by atoms with van der Waals surface area (Å²) in [6.07, 6.45) is 0. The van der Waals surface area contributed by atoms with Crippen molar-refractivity contribution in [2.75, 3.05) is 14.2 Å². The summed E-state index contributed by atoms with van der Waals surface area (Å²) in [5.41, 5.74) is -0.536. The molecule has 0 fully saturated rings. The van der Waals surface area contributed by atoms with Crippen LogP contribution in [-0.2, 0) is 10.0 Å². The van der Waals surface area contributed by atoms with E-state index in [4.69, 9.17) is 9.47 Å². The van der Waals surface area contributed by atoms with Crippen LogP contribution in [0.5, 0.6) is 11.5 Å². The second-order valence-corrected chi connectivity index (χ2v) is 6.55. The zero-order chi connectivity index (χ0) is 14.0. The second kappa shape index (κ2) is 5.16. The smallest absolute Gasteiger partial charge is 0.241 e. The van der Waals surface area contributed by atoms with Crippen LogP contribution in [0.3, 0.4) is 0 Å². The van der Waals surface area contributed by atoms with E-state index in [9.17, 15) is 8.42 Å². The highest BCUT2D eigenvalue weighted by Crippen LogP contribution is 2.29. The molecule has 1 aromatic rings. The number of ether oxygens (including phenoxy) is 2. The van der Waals surface area contributed by atoms with E-state index in [2.05, 4.69) is 4.72 Å². The first-order chi connectivity index (χ1) is 8.19. The van der Waals surface area contributed by atoms with Gasteiger partial charge in [-0.25, -0.2) is 13.1 Å². The van der Waals surface area contributed by atoms with Crippen molar-refractivity contribution in [3.8, 4) is 11.5 Å². The number of benzene rings is 1. The van der Waals surface area contributed by atoms with Gasteiger partial charge in [0.15, 0.2) is 11.5 Å². The molecule has 0 aliphatic rings. The van der Waals surface area contributed by atoms with Crippen molar-refractivity contribution in [3.63, 3.8) is 0 Å². The minimum absolute atomic E-state index is 0.148. The van der Waals surface area contributed by atoms with Crippen molar-refractivity contribution in [2.45, 2.75) is 31.2 Å². The summed E-state index contributed by atoms with van der Waals surface area (Å²) >= 11 is 0. The maximum absolute atomic E-state index is 12.1. The van der Waals surface area contributed by atoms with E-state index in [1.807, 2.05) is 0 Å². The average Bonchev–Trinajstić information content (AvgIpc) is 2.24. The quantitative estimate of drug-likeness (QED) is 0.908. The molecule has 18 heavy (non-hydrogen) atoms. The molecule has 0 aliphatic carbocycles. The summed E-state index contributed by atoms with van der Waals surface area (Å²) in [5.74, 6) is 0.876. The largest absolute Gasteiger partial charge is 0.493 e. The minimum Gasteiger partial charge on any atom is -0.493 e. The van der Waals surface area contributed by atoms with Crippen LogP contribution in [0.1, 0.15) is 20.8 Å². The number of hydrogen-bond donors (Lipinski definition) is 1. The van der Waals surface area contributed by atoms with Crippen LogP contribution in [-0.4, -0.2) is 28.2 Å². The van der Waals surface area contributed by atoms with Crippen LogP contribution >= 0.6 is 0 Å². The summed E-state index contributed by atoms with van der Waals surface area (Å²) in [6, 6.07) is 4.48. The molecular formula is C12H19NO4S. The second-order valence-electron chi connectivity index (χ2n) is 4.87. The van der Waals surface area contributed by atoms with Crippen LogP contribution in [0, 0.1) is 0 Å². The van der Waals surface area contributed by atoms with Gasteiger partial charge in [-0.15, -0.1) is 0 Å². The van der Waals surface area contributed by atoms with Gasteiger partial charge in [0.1, 0.15) is 0 Å². The van der Waals surface area contributed by atoms with Gasteiger partial charge < -0.3 is 9.47 Å². The third-order valence-electron chi connectivity index (χ3n) is 2.11. The predicted molar refractivity (Wildman–Crippen MR) is 69.6 cm³/mol. The third kappa shape index (κ3) is 3.61. The van der Waals surface area contributed by atoms with Crippen LogP contribution in [0.4, 0.5) is 0 Å². The van der Waals surface area contributed by atoms with Crippen molar-refractivity contribution in [1.29, 1.82) is 0 Å². The Kier molecular flexibility index (Phi) is 4.24. The van der Waals surface area contributed by atoms with Gasteiger partial charge in [0.05, 0.1) is 19.1 Å². The monoisotopic (exact) mass is 273 g/mol. The Labute approximate surface area is 108 Å². The molecule has 0 amide bonds. The van der Waals surface area contributed by atoms with E-state index in [1.54, 1.807) is 26.8 Å². The van der Waals surface area contributed by atoms with Gasteiger partial charge >= 0.3 is 0 Å². The molecular weight excluding hydrogens is 254 g/mol. The molecule has 1 rings (SSSR count). The number of methoxy groups -OCH3 is 2.